The number of hydrogen-bond acceptors (Lipinski definition) is 3. The molecule has 0 aliphatic carbocycles. The van der Waals surface area contributed by atoms with Crippen LogP contribution in [0.3, 0.4) is 0 Å². The fourth-order valence-electron chi connectivity index (χ4n) is 1.56. The van der Waals surface area contributed by atoms with Crippen molar-refractivity contribution in [1.29, 1.82) is 0 Å². The number of alkyl halides is 2. The Hall–Kier alpha value is -2.56. The molecule has 0 bridgehead atoms. The fraction of sp³-hybridized carbons (Fsp3) is 0.0667. The molecular formula is C15H11F2NO2. The average molecular weight is 275 g/mol. The number of pyridine rings is 1. The van der Waals surface area contributed by atoms with Gasteiger partial charge < -0.3 is 4.74 Å². The summed E-state index contributed by atoms with van der Waals surface area (Å²) in [5.74, 6) is -0.354. The largest absolute Gasteiger partial charge is 0.435 e. The van der Waals surface area contributed by atoms with Crippen molar-refractivity contribution in [1.82, 2.24) is 4.98 Å². The number of hydrogen-bond donors (Lipinski definition) is 0. The summed E-state index contributed by atoms with van der Waals surface area (Å²) in [6, 6.07) is 11.0. The van der Waals surface area contributed by atoms with Crippen molar-refractivity contribution in [3.8, 4) is 5.75 Å². The number of benzene rings is 1. The maximum absolute atomic E-state index is 12.1. The highest BCUT2D eigenvalue weighted by Gasteiger charge is 2.07. The van der Waals surface area contributed by atoms with Crippen LogP contribution in [0.1, 0.15) is 16.1 Å². The molecule has 0 N–H and O–H groups in total. The normalized spacial score (nSPS) is 10.9. The summed E-state index contributed by atoms with van der Waals surface area (Å²) in [5, 5.41) is 0. The van der Waals surface area contributed by atoms with E-state index in [1.807, 2.05) is 0 Å². The Balaban J connectivity index is 2.11. The Morgan fingerprint density at radius 2 is 2.05 bits per heavy atom. The highest BCUT2D eigenvalue weighted by Crippen LogP contribution is 2.16. The van der Waals surface area contributed by atoms with E-state index in [1.54, 1.807) is 30.5 Å². The van der Waals surface area contributed by atoms with Crippen LogP contribution in [0.5, 0.6) is 5.75 Å². The Morgan fingerprint density at radius 3 is 2.75 bits per heavy atom. The highest BCUT2D eigenvalue weighted by molar-refractivity contribution is 6.06. The average Bonchev–Trinajstić information content (AvgIpc) is 2.45. The topological polar surface area (TPSA) is 39.2 Å². The first-order valence-electron chi connectivity index (χ1n) is 5.83. The van der Waals surface area contributed by atoms with Crippen LogP contribution < -0.4 is 4.74 Å². The number of carbonyl (C=O) groups excluding carboxylic acids is 1. The Labute approximate surface area is 114 Å². The molecule has 1 aromatic carbocycles. The lowest BCUT2D eigenvalue weighted by atomic mass is 10.1. The van der Waals surface area contributed by atoms with Gasteiger partial charge in [-0.05, 0) is 36.4 Å². The lowest BCUT2D eigenvalue weighted by Crippen LogP contribution is -2.03. The van der Waals surface area contributed by atoms with Gasteiger partial charge in [-0.15, -0.1) is 0 Å². The Kier molecular flexibility index (Phi) is 4.55. The van der Waals surface area contributed by atoms with E-state index in [0.717, 1.165) is 0 Å². The van der Waals surface area contributed by atoms with E-state index in [1.165, 1.54) is 30.3 Å². The van der Waals surface area contributed by atoms with Crippen LogP contribution in [0, 0.1) is 0 Å². The van der Waals surface area contributed by atoms with Crippen molar-refractivity contribution >= 4 is 11.9 Å². The lowest BCUT2D eigenvalue weighted by Gasteiger charge is -2.04. The lowest BCUT2D eigenvalue weighted by molar-refractivity contribution is -0.0498. The van der Waals surface area contributed by atoms with E-state index in [9.17, 15) is 13.6 Å². The second kappa shape index (κ2) is 6.56. The maximum atomic E-state index is 12.1. The first-order chi connectivity index (χ1) is 9.65. The molecule has 2 rings (SSSR count). The highest BCUT2D eigenvalue weighted by atomic mass is 19.3. The molecule has 102 valence electrons. The molecule has 0 amide bonds. The number of ether oxygens (including phenoxy) is 1. The van der Waals surface area contributed by atoms with Crippen molar-refractivity contribution in [3.05, 3.63) is 66.0 Å². The first-order valence-corrected chi connectivity index (χ1v) is 5.83. The summed E-state index contributed by atoms with van der Waals surface area (Å²) >= 11 is 0. The number of carbonyl (C=O) groups is 1. The second-order valence-corrected chi connectivity index (χ2v) is 3.86. The number of aromatic nitrogens is 1. The molecule has 0 unspecified atom stereocenters. The van der Waals surface area contributed by atoms with Gasteiger partial charge in [0.2, 0.25) is 0 Å². The SMILES string of the molecule is O=C(/C=C/c1ccccn1)c1cccc(OC(F)F)c1. The van der Waals surface area contributed by atoms with E-state index in [-0.39, 0.29) is 17.1 Å². The van der Waals surface area contributed by atoms with Crippen molar-refractivity contribution < 1.29 is 18.3 Å². The Morgan fingerprint density at radius 1 is 1.20 bits per heavy atom. The van der Waals surface area contributed by atoms with Crippen LogP contribution >= 0.6 is 0 Å². The van der Waals surface area contributed by atoms with Crippen molar-refractivity contribution in [2.75, 3.05) is 0 Å². The van der Waals surface area contributed by atoms with E-state index in [0.29, 0.717) is 5.69 Å². The van der Waals surface area contributed by atoms with Gasteiger partial charge in [-0.2, -0.15) is 8.78 Å². The summed E-state index contributed by atoms with van der Waals surface area (Å²) in [6.07, 6.45) is 4.51. The van der Waals surface area contributed by atoms with Crippen LogP contribution in [0.2, 0.25) is 0 Å². The molecule has 1 heterocycles. The predicted octanol–water partition coefficient (Wildman–Crippen LogP) is 3.58. The van der Waals surface area contributed by atoms with Gasteiger partial charge in [-0.3, -0.25) is 9.78 Å². The van der Waals surface area contributed by atoms with Gasteiger partial charge in [-0.25, -0.2) is 0 Å². The minimum Gasteiger partial charge on any atom is -0.435 e. The molecule has 20 heavy (non-hydrogen) atoms. The molecule has 0 saturated heterocycles. The van der Waals surface area contributed by atoms with Gasteiger partial charge in [0.25, 0.3) is 0 Å². The third kappa shape index (κ3) is 3.98. The van der Waals surface area contributed by atoms with Gasteiger partial charge in [0.1, 0.15) is 5.75 Å². The van der Waals surface area contributed by atoms with Gasteiger partial charge >= 0.3 is 6.61 Å². The molecule has 0 aliphatic rings. The molecule has 0 atom stereocenters. The van der Waals surface area contributed by atoms with Gasteiger partial charge in [0.15, 0.2) is 5.78 Å². The maximum Gasteiger partial charge on any atom is 0.387 e. The summed E-state index contributed by atoms with van der Waals surface area (Å²) in [4.78, 5) is 15.9. The molecule has 3 nitrogen and oxygen atoms in total. The first kappa shape index (κ1) is 13.9. The number of rotatable bonds is 5. The van der Waals surface area contributed by atoms with Crippen LogP contribution in [-0.2, 0) is 0 Å². The molecule has 1 aromatic heterocycles. The van der Waals surface area contributed by atoms with Crippen LogP contribution in [0.15, 0.2) is 54.7 Å². The molecular weight excluding hydrogens is 264 g/mol. The van der Waals surface area contributed by atoms with Crippen LogP contribution in [0.25, 0.3) is 6.08 Å². The molecule has 2 aromatic rings. The zero-order valence-corrected chi connectivity index (χ0v) is 10.4. The Bertz CT molecular complexity index is 612. The number of ketones is 1. The zero-order chi connectivity index (χ0) is 14.4. The van der Waals surface area contributed by atoms with Gasteiger partial charge in [0.05, 0.1) is 5.69 Å². The van der Waals surface area contributed by atoms with E-state index in [4.69, 9.17) is 0 Å². The third-order valence-electron chi connectivity index (χ3n) is 2.44. The molecule has 0 radical (unpaired) electrons. The van der Waals surface area contributed by atoms with Crippen LogP contribution in [-0.4, -0.2) is 17.4 Å². The predicted molar refractivity (Wildman–Crippen MR) is 70.7 cm³/mol. The summed E-state index contributed by atoms with van der Waals surface area (Å²) < 4.78 is 28.4. The van der Waals surface area contributed by atoms with E-state index < -0.39 is 6.61 Å². The summed E-state index contributed by atoms with van der Waals surface area (Å²) in [7, 11) is 0. The smallest absolute Gasteiger partial charge is 0.387 e. The molecule has 5 heteroatoms. The van der Waals surface area contributed by atoms with Crippen molar-refractivity contribution in [3.63, 3.8) is 0 Å². The van der Waals surface area contributed by atoms with Crippen molar-refractivity contribution in [2.24, 2.45) is 0 Å². The summed E-state index contributed by atoms with van der Waals surface area (Å²) in [5.41, 5.74) is 0.913. The van der Waals surface area contributed by atoms with Gasteiger partial charge in [0, 0.05) is 11.8 Å². The fourth-order valence-corrected chi connectivity index (χ4v) is 1.56. The second-order valence-electron chi connectivity index (χ2n) is 3.86. The number of nitrogens with zero attached hydrogens (tertiary/aromatic N) is 1. The minimum absolute atomic E-state index is 0.0444. The summed E-state index contributed by atoms with van der Waals surface area (Å²) in [6.45, 7) is -2.91. The van der Waals surface area contributed by atoms with E-state index in [2.05, 4.69) is 9.72 Å². The monoisotopic (exact) mass is 275 g/mol. The molecule has 0 aliphatic heterocycles. The van der Waals surface area contributed by atoms with Crippen LogP contribution in [0.4, 0.5) is 8.78 Å². The third-order valence-corrected chi connectivity index (χ3v) is 2.44. The zero-order valence-electron chi connectivity index (χ0n) is 10.4. The standard InChI is InChI=1S/C15H11F2NO2/c16-15(17)20-13-6-3-4-11(10-13)14(19)8-7-12-5-1-2-9-18-12/h1-10,15H/b8-7+. The quantitative estimate of drug-likeness (QED) is 0.618. The molecule has 0 saturated carbocycles. The van der Waals surface area contributed by atoms with Crippen molar-refractivity contribution in [2.45, 2.75) is 6.61 Å². The number of allylic oxidation sites excluding steroid dienone is 1. The molecule has 0 fully saturated rings. The minimum atomic E-state index is -2.91. The number of halogens is 2. The molecule has 0 spiro atoms. The van der Waals surface area contributed by atoms with E-state index >= 15 is 0 Å². The van der Waals surface area contributed by atoms with Gasteiger partial charge in [-0.1, -0.05) is 18.2 Å².